The molecule has 150 valence electrons. The summed E-state index contributed by atoms with van der Waals surface area (Å²) < 4.78 is 24.5. The van der Waals surface area contributed by atoms with Crippen molar-refractivity contribution in [1.29, 1.82) is 0 Å². The van der Waals surface area contributed by atoms with E-state index in [0.717, 1.165) is 5.56 Å². The molecule has 29 heavy (non-hydrogen) atoms. The van der Waals surface area contributed by atoms with Crippen LogP contribution in [0.1, 0.15) is 18.1 Å². The quantitative estimate of drug-likeness (QED) is 0.447. The SMILES string of the molecule is CCOc1cc(/C=C2\C(=O)NC(=S)N(C)C2=O)ccc1OCc1ccc(F)cc1. The van der Waals surface area contributed by atoms with E-state index in [-0.39, 0.29) is 23.1 Å². The maximum absolute atomic E-state index is 13.0. The number of carbonyl (C=O) groups is 2. The van der Waals surface area contributed by atoms with Crippen molar-refractivity contribution in [2.24, 2.45) is 0 Å². The number of benzene rings is 2. The number of nitrogens with one attached hydrogen (secondary N) is 1. The molecule has 1 fully saturated rings. The lowest BCUT2D eigenvalue weighted by molar-refractivity contribution is -0.128. The van der Waals surface area contributed by atoms with E-state index in [2.05, 4.69) is 5.32 Å². The average Bonchev–Trinajstić information content (AvgIpc) is 2.70. The van der Waals surface area contributed by atoms with E-state index >= 15 is 0 Å². The van der Waals surface area contributed by atoms with Crippen molar-refractivity contribution in [3.8, 4) is 11.5 Å². The van der Waals surface area contributed by atoms with Crippen LogP contribution in [0.3, 0.4) is 0 Å². The predicted octanol–water partition coefficient (Wildman–Crippen LogP) is 3.06. The second kappa shape index (κ2) is 8.83. The minimum Gasteiger partial charge on any atom is -0.490 e. The number of nitrogens with zero attached hydrogens (tertiary/aromatic N) is 1. The molecule has 0 aromatic heterocycles. The second-order valence-electron chi connectivity index (χ2n) is 6.24. The zero-order valence-electron chi connectivity index (χ0n) is 15.9. The van der Waals surface area contributed by atoms with Crippen LogP contribution < -0.4 is 14.8 Å². The number of carbonyl (C=O) groups excluding carboxylic acids is 2. The Labute approximate surface area is 172 Å². The second-order valence-corrected chi connectivity index (χ2v) is 6.62. The smallest absolute Gasteiger partial charge is 0.265 e. The van der Waals surface area contributed by atoms with Crippen LogP contribution in [0.5, 0.6) is 11.5 Å². The van der Waals surface area contributed by atoms with Crippen LogP contribution in [-0.2, 0) is 16.2 Å². The summed E-state index contributed by atoms with van der Waals surface area (Å²) in [4.78, 5) is 25.7. The molecule has 3 rings (SSSR count). The third kappa shape index (κ3) is 4.78. The highest BCUT2D eigenvalue weighted by Crippen LogP contribution is 2.30. The van der Waals surface area contributed by atoms with E-state index in [4.69, 9.17) is 21.7 Å². The largest absolute Gasteiger partial charge is 0.490 e. The van der Waals surface area contributed by atoms with Gasteiger partial charge in [-0.05, 0) is 60.6 Å². The van der Waals surface area contributed by atoms with Crippen molar-refractivity contribution in [3.63, 3.8) is 0 Å². The van der Waals surface area contributed by atoms with E-state index < -0.39 is 11.8 Å². The fourth-order valence-corrected chi connectivity index (χ4v) is 2.83. The Morgan fingerprint density at radius 3 is 2.52 bits per heavy atom. The van der Waals surface area contributed by atoms with Gasteiger partial charge in [0.2, 0.25) is 0 Å². The highest BCUT2D eigenvalue weighted by atomic mass is 32.1. The molecule has 0 saturated carbocycles. The Morgan fingerprint density at radius 2 is 1.83 bits per heavy atom. The first-order valence-corrected chi connectivity index (χ1v) is 9.29. The van der Waals surface area contributed by atoms with Gasteiger partial charge >= 0.3 is 0 Å². The zero-order chi connectivity index (χ0) is 21.0. The molecule has 1 saturated heterocycles. The first-order valence-electron chi connectivity index (χ1n) is 8.88. The van der Waals surface area contributed by atoms with Gasteiger partial charge in [0, 0.05) is 7.05 Å². The van der Waals surface area contributed by atoms with Gasteiger partial charge in [-0.2, -0.15) is 0 Å². The van der Waals surface area contributed by atoms with Gasteiger partial charge in [0.25, 0.3) is 11.8 Å². The Bertz CT molecular complexity index is 989. The molecule has 1 N–H and O–H groups in total. The molecule has 0 spiro atoms. The first kappa shape index (κ1) is 20.5. The lowest BCUT2D eigenvalue weighted by Crippen LogP contribution is -2.52. The Morgan fingerprint density at radius 1 is 1.10 bits per heavy atom. The van der Waals surface area contributed by atoms with Crippen LogP contribution in [0.2, 0.25) is 0 Å². The number of likely N-dealkylation sites (N-methyl/N-ethyl adjacent to an activating group) is 1. The fourth-order valence-electron chi connectivity index (χ4n) is 2.66. The Kier molecular flexibility index (Phi) is 6.23. The zero-order valence-corrected chi connectivity index (χ0v) is 16.7. The molecule has 0 aliphatic carbocycles. The minimum atomic E-state index is -0.548. The van der Waals surface area contributed by atoms with Crippen LogP contribution in [0, 0.1) is 5.82 Å². The minimum absolute atomic E-state index is 0.0245. The third-order valence-corrected chi connectivity index (χ3v) is 4.57. The van der Waals surface area contributed by atoms with Crippen molar-refractivity contribution < 1.29 is 23.5 Å². The molecule has 0 bridgehead atoms. The molecular weight excluding hydrogens is 395 g/mol. The monoisotopic (exact) mass is 414 g/mol. The van der Waals surface area contributed by atoms with Crippen LogP contribution in [0.4, 0.5) is 4.39 Å². The lowest BCUT2D eigenvalue weighted by Gasteiger charge is -2.25. The van der Waals surface area contributed by atoms with Gasteiger partial charge in [-0.3, -0.25) is 19.8 Å². The van der Waals surface area contributed by atoms with Gasteiger partial charge in [0.1, 0.15) is 18.0 Å². The summed E-state index contributed by atoms with van der Waals surface area (Å²) in [6.07, 6.45) is 1.47. The number of halogens is 1. The van der Waals surface area contributed by atoms with Gasteiger partial charge in [-0.25, -0.2) is 4.39 Å². The van der Waals surface area contributed by atoms with E-state index in [1.165, 1.54) is 30.2 Å². The molecule has 0 radical (unpaired) electrons. The number of amides is 2. The number of thiocarbonyl (C=S) groups is 1. The highest BCUT2D eigenvalue weighted by molar-refractivity contribution is 7.80. The summed E-state index contributed by atoms with van der Waals surface area (Å²) in [5.74, 6) is -0.373. The van der Waals surface area contributed by atoms with Gasteiger partial charge in [0.15, 0.2) is 16.6 Å². The van der Waals surface area contributed by atoms with Crippen molar-refractivity contribution in [3.05, 3.63) is 65.0 Å². The average molecular weight is 414 g/mol. The summed E-state index contributed by atoms with van der Waals surface area (Å²) in [7, 11) is 1.50. The van der Waals surface area contributed by atoms with Crippen molar-refractivity contribution in [2.45, 2.75) is 13.5 Å². The van der Waals surface area contributed by atoms with Crippen LogP contribution in [0.25, 0.3) is 6.08 Å². The molecule has 2 aromatic rings. The molecule has 1 aliphatic rings. The molecular formula is C21H19FN2O4S. The summed E-state index contributed by atoms with van der Waals surface area (Å²) in [5.41, 5.74) is 1.38. The summed E-state index contributed by atoms with van der Waals surface area (Å²) in [6.45, 7) is 2.48. The number of hydrogen-bond donors (Lipinski definition) is 1. The summed E-state index contributed by atoms with van der Waals surface area (Å²) in [6, 6.07) is 11.1. The standard InChI is InChI=1S/C21H19FN2O4S/c1-3-27-18-11-14(10-16-19(25)23-21(29)24(2)20(16)26)6-9-17(18)28-12-13-4-7-15(22)8-5-13/h4-11H,3,12H2,1-2H3,(H,23,25,29)/b16-10+. The van der Waals surface area contributed by atoms with Crippen molar-refractivity contribution in [2.75, 3.05) is 13.7 Å². The topological polar surface area (TPSA) is 67.9 Å². The van der Waals surface area contributed by atoms with Gasteiger partial charge < -0.3 is 9.47 Å². The normalized spacial score (nSPS) is 15.5. The molecule has 0 atom stereocenters. The predicted molar refractivity (Wildman–Crippen MR) is 110 cm³/mol. The van der Waals surface area contributed by atoms with Crippen molar-refractivity contribution in [1.82, 2.24) is 10.2 Å². The number of rotatable bonds is 6. The Balaban J connectivity index is 1.83. The molecule has 1 aliphatic heterocycles. The summed E-state index contributed by atoms with van der Waals surface area (Å²) in [5, 5.41) is 2.54. The number of ether oxygens (including phenoxy) is 2. The highest BCUT2D eigenvalue weighted by Gasteiger charge is 2.30. The van der Waals surface area contributed by atoms with E-state index in [0.29, 0.717) is 23.7 Å². The van der Waals surface area contributed by atoms with E-state index in [9.17, 15) is 14.0 Å². The molecule has 1 heterocycles. The maximum Gasteiger partial charge on any atom is 0.265 e. The molecule has 2 aromatic carbocycles. The molecule has 0 unspecified atom stereocenters. The fraction of sp³-hybridized carbons (Fsp3) is 0.190. The molecule has 2 amide bonds. The third-order valence-electron chi connectivity index (χ3n) is 4.19. The van der Waals surface area contributed by atoms with Gasteiger partial charge in [-0.15, -0.1) is 0 Å². The van der Waals surface area contributed by atoms with Crippen LogP contribution >= 0.6 is 12.2 Å². The number of hydrogen-bond acceptors (Lipinski definition) is 5. The van der Waals surface area contributed by atoms with Crippen molar-refractivity contribution >= 4 is 35.2 Å². The Hall–Kier alpha value is -3.26. The van der Waals surface area contributed by atoms with Gasteiger partial charge in [0.05, 0.1) is 6.61 Å². The van der Waals surface area contributed by atoms with Crippen LogP contribution in [-0.4, -0.2) is 35.5 Å². The summed E-state index contributed by atoms with van der Waals surface area (Å²) >= 11 is 4.94. The van der Waals surface area contributed by atoms with Crippen LogP contribution in [0.15, 0.2) is 48.0 Å². The molecule has 6 nitrogen and oxygen atoms in total. The van der Waals surface area contributed by atoms with Gasteiger partial charge in [-0.1, -0.05) is 18.2 Å². The first-order chi connectivity index (χ1) is 13.9. The van der Waals surface area contributed by atoms with E-state index in [1.807, 2.05) is 6.92 Å². The van der Waals surface area contributed by atoms with E-state index in [1.54, 1.807) is 30.3 Å². The lowest BCUT2D eigenvalue weighted by atomic mass is 10.1. The molecule has 8 heteroatoms. The maximum atomic E-state index is 13.0.